The summed E-state index contributed by atoms with van der Waals surface area (Å²) in [6, 6.07) is 14.1. The maximum Gasteiger partial charge on any atom is 0.235 e. The standard InChI is InChI=1S/C21H25N5O2S/c1-15(29-21-24-23-19(26(21)22)18-8-5-13-28-18)20(27)25-11-9-17(10-12-25)14-16-6-3-2-4-7-16/h2-8,13,15,17H,9-12,14,22H2,1H3/t15-/m1/s1. The molecule has 1 aliphatic rings. The van der Waals surface area contributed by atoms with Gasteiger partial charge in [-0.3, -0.25) is 4.79 Å². The van der Waals surface area contributed by atoms with Crippen LogP contribution in [0, 0.1) is 5.92 Å². The van der Waals surface area contributed by atoms with Gasteiger partial charge in [-0.2, -0.15) is 0 Å². The summed E-state index contributed by atoms with van der Waals surface area (Å²) in [5, 5.41) is 8.42. The fraction of sp³-hybridized carbons (Fsp3) is 0.381. The summed E-state index contributed by atoms with van der Waals surface area (Å²) in [6.45, 7) is 3.49. The van der Waals surface area contributed by atoms with Crippen LogP contribution in [0.15, 0.2) is 58.3 Å². The maximum atomic E-state index is 12.9. The van der Waals surface area contributed by atoms with E-state index in [-0.39, 0.29) is 11.2 Å². The number of hydrogen-bond acceptors (Lipinski definition) is 6. The van der Waals surface area contributed by atoms with Crippen molar-refractivity contribution in [3.8, 4) is 11.6 Å². The number of nitrogens with zero attached hydrogens (tertiary/aromatic N) is 4. The highest BCUT2D eigenvalue weighted by Crippen LogP contribution is 2.28. The lowest BCUT2D eigenvalue weighted by Gasteiger charge is -2.33. The lowest BCUT2D eigenvalue weighted by molar-refractivity contribution is -0.131. The number of likely N-dealkylation sites (tertiary alicyclic amines) is 1. The Kier molecular flexibility index (Phi) is 5.89. The van der Waals surface area contributed by atoms with Crippen molar-refractivity contribution in [2.24, 2.45) is 5.92 Å². The number of furan rings is 1. The molecule has 29 heavy (non-hydrogen) atoms. The van der Waals surface area contributed by atoms with Crippen LogP contribution in [0.3, 0.4) is 0 Å². The van der Waals surface area contributed by atoms with Crippen LogP contribution in [0.2, 0.25) is 0 Å². The Balaban J connectivity index is 1.31. The fourth-order valence-electron chi connectivity index (χ4n) is 3.70. The number of benzene rings is 1. The normalized spacial score (nSPS) is 16.1. The number of nitrogens with two attached hydrogens (primary N) is 1. The average molecular weight is 412 g/mol. The number of piperidine rings is 1. The Bertz CT molecular complexity index is 933. The van der Waals surface area contributed by atoms with Crippen molar-refractivity contribution in [3.05, 3.63) is 54.3 Å². The largest absolute Gasteiger partial charge is 0.461 e. The molecule has 0 aliphatic carbocycles. The van der Waals surface area contributed by atoms with Gasteiger partial charge >= 0.3 is 0 Å². The van der Waals surface area contributed by atoms with Gasteiger partial charge in [-0.05, 0) is 49.8 Å². The van der Waals surface area contributed by atoms with Gasteiger partial charge in [0.05, 0.1) is 11.5 Å². The van der Waals surface area contributed by atoms with Gasteiger partial charge in [0.25, 0.3) is 0 Å². The highest BCUT2D eigenvalue weighted by Gasteiger charge is 2.28. The number of amides is 1. The zero-order valence-corrected chi connectivity index (χ0v) is 17.2. The minimum absolute atomic E-state index is 0.121. The molecule has 4 rings (SSSR count). The first kappa shape index (κ1) is 19.6. The summed E-state index contributed by atoms with van der Waals surface area (Å²) in [6.07, 6.45) is 4.71. The molecule has 0 saturated carbocycles. The Hall–Kier alpha value is -2.74. The van der Waals surface area contributed by atoms with E-state index in [0.29, 0.717) is 22.7 Å². The van der Waals surface area contributed by atoms with Crippen LogP contribution in [0.25, 0.3) is 11.6 Å². The predicted molar refractivity (Wildman–Crippen MR) is 113 cm³/mol. The van der Waals surface area contributed by atoms with E-state index in [4.69, 9.17) is 10.3 Å². The Morgan fingerprint density at radius 1 is 1.21 bits per heavy atom. The van der Waals surface area contributed by atoms with E-state index in [0.717, 1.165) is 32.4 Å². The molecule has 1 atom stereocenters. The van der Waals surface area contributed by atoms with Gasteiger partial charge in [0.1, 0.15) is 0 Å². The summed E-state index contributed by atoms with van der Waals surface area (Å²) in [7, 11) is 0. The second-order valence-corrected chi connectivity index (χ2v) is 8.68. The molecule has 152 valence electrons. The number of carbonyl (C=O) groups is 1. The van der Waals surface area contributed by atoms with E-state index in [1.165, 1.54) is 22.0 Å². The third kappa shape index (κ3) is 4.48. The van der Waals surface area contributed by atoms with E-state index >= 15 is 0 Å². The first-order valence-corrected chi connectivity index (χ1v) is 10.7. The van der Waals surface area contributed by atoms with Crippen LogP contribution in [0.1, 0.15) is 25.3 Å². The monoisotopic (exact) mass is 411 g/mol. The third-order valence-electron chi connectivity index (χ3n) is 5.33. The van der Waals surface area contributed by atoms with Crippen molar-refractivity contribution >= 4 is 17.7 Å². The molecule has 1 amide bonds. The lowest BCUT2D eigenvalue weighted by Crippen LogP contribution is -2.42. The second-order valence-electron chi connectivity index (χ2n) is 7.37. The van der Waals surface area contributed by atoms with Gasteiger partial charge in [-0.25, -0.2) is 4.68 Å². The molecule has 0 bridgehead atoms. The lowest BCUT2D eigenvalue weighted by atomic mass is 9.90. The number of aromatic nitrogens is 3. The number of hydrogen-bond donors (Lipinski definition) is 1. The molecule has 3 heterocycles. The van der Waals surface area contributed by atoms with Gasteiger partial charge in [0.15, 0.2) is 5.76 Å². The topological polar surface area (TPSA) is 90.2 Å². The third-order valence-corrected chi connectivity index (χ3v) is 6.37. The molecule has 7 nitrogen and oxygen atoms in total. The van der Waals surface area contributed by atoms with E-state index in [1.807, 2.05) is 17.9 Å². The zero-order valence-electron chi connectivity index (χ0n) is 16.4. The maximum absolute atomic E-state index is 12.9. The second kappa shape index (κ2) is 8.73. The van der Waals surface area contributed by atoms with Crippen LogP contribution in [0.4, 0.5) is 0 Å². The minimum Gasteiger partial charge on any atom is -0.461 e. The number of carbonyl (C=O) groups excluding carboxylic acids is 1. The van der Waals surface area contributed by atoms with E-state index in [2.05, 4.69) is 34.5 Å². The van der Waals surface area contributed by atoms with Crippen LogP contribution in [-0.2, 0) is 11.2 Å². The van der Waals surface area contributed by atoms with Crippen molar-refractivity contribution in [1.29, 1.82) is 0 Å². The van der Waals surface area contributed by atoms with Crippen LogP contribution < -0.4 is 5.84 Å². The summed E-state index contributed by atoms with van der Waals surface area (Å²) in [5.74, 6) is 7.84. The van der Waals surface area contributed by atoms with E-state index < -0.39 is 0 Å². The summed E-state index contributed by atoms with van der Waals surface area (Å²) >= 11 is 1.32. The SMILES string of the molecule is C[C@@H](Sc1nnc(-c2ccco2)n1N)C(=O)N1CCC(Cc2ccccc2)CC1. The molecule has 1 fully saturated rings. The van der Waals surface area contributed by atoms with Gasteiger partial charge in [0, 0.05) is 13.1 Å². The smallest absolute Gasteiger partial charge is 0.235 e. The zero-order chi connectivity index (χ0) is 20.2. The summed E-state index contributed by atoms with van der Waals surface area (Å²) < 4.78 is 6.70. The molecule has 1 aromatic carbocycles. The fourth-order valence-corrected chi connectivity index (χ4v) is 4.56. The van der Waals surface area contributed by atoms with E-state index in [9.17, 15) is 4.79 Å². The average Bonchev–Trinajstić information content (AvgIpc) is 3.39. The molecule has 3 aromatic rings. The molecular weight excluding hydrogens is 386 g/mol. The first-order chi connectivity index (χ1) is 14.1. The number of rotatable bonds is 6. The quantitative estimate of drug-likeness (QED) is 0.495. The molecule has 8 heteroatoms. The van der Waals surface area contributed by atoms with Crippen LogP contribution in [-0.4, -0.2) is 44.0 Å². The summed E-state index contributed by atoms with van der Waals surface area (Å²) in [4.78, 5) is 14.9. The molecule has 2 N–H and O–H groups in total. The molecule has 0 unspecified atom stereocenters. The summed E-state index contributed by atoms with van der Waals surface area (Å²) in [5.41, 5.74) is 1.37. The van der Waals surface area contributed by atoms with Crippen molar-refractivity contribution in [2.45, 2.75) is 36.6 Å². The van der Waals surface area contributed by atoms with E-state index in [1.54, 1.807) is 18.4 Å². The number of nitrogen functional groups attached to an aromatic ring is 1. The first-order valence-electron chi connectivity index (χ1n) is 9.85. The molecule has 1 aliphatic heterocycles. The van der Waals surface area contributed by atoms with Crippen molar-refractivity contribution < 1.29 is 9.21 Å². The van der Waals surface area contributed by atoms with Gasteiger partial charge in [-0.15, -0.1) is 10.2 Å². The highest BCUT2D eigenvalue weighted by atomic mass is 32.2. The highest BCUT2D eigenvalue weighted by molar-refractivity contribution is 8.00. The molecule has 1 saturated heterocycles. The minimum atomic E-state index is -0.281. The van der Waals surface area contributed by atoms with Crippen molar-refractivity contribution in [1.82, 2.24) is 19.8 Å². The van der Waals surface area contributed by atoms with Crippen LogP contribution in [0.5, 0.6) is 0 Å². The van der Waals surface area contributed by atoms with Crippen LogP contribution >= 0.6 is 11.8 Å². The molecule has 2 aromatic heterocycles. The Morgan fingerprint density at radius 2 is 1.97 bits per heavy atom. The number of thioether (sulfide) groups is 1. The van der Waals surface area contributed by atoms with Gasteiger partial charge in [-0.1, -0.05) is 42.1 Å². The molecule has 0 spiro atoms. The predicted octanol–water partition coefficient (Wildman–Crippen LogP) is 3.21. The Labute approximate surface area is 174 Å². The molecular formula is C21H25N5O2S. The Morgan fingerprint density at radius 3 is 2.66 bits per heavy atom. The molecule has 0 radical (unpaired) electrons. The van der Waals surface area contributed by atoms with Crippen molar-refractivity contribution in [3.63, 3.8) is 0 Å². The van der Waals surface area contributed by atoms with Crippen molar-refractivity contribution in [2.75, 3.05) is 18.9 Å². The van der Waals surface area contributed by atoms with Gasteiger partial charge < -0.3 is 15.2 Å². The van der Waals surface area contributed by atoms with Gasteiger partial charge in [0.2, 0.25) is 16.9 Å².